The van der Waals surface area contributed by atoms with Gasteiger partial charge in [0.15, 0.2) is 6.61 Å². The van der Waals surface area contributed by atoms with Crippen molar-refractivity contribution in [2.24, 2.45) is 5.92 Å². The quantitative estimate of drug-likeness (QED) is 0.588. The molecule has 0 aliphatic carbocycles. The fraction of sp³-hybridized carbons (Fsp3) is 0.261. The Balaban J connectivity index is 1.61. The van der Waals surface area contributed by atoms with Gasteiger partial charge in [-0.15, -0.1) is 11.3 Å². The zero-order valence-electron chi connectivity index (χ0n) is 17.2. The minimum atomic E-state index is -0.251. The summed E-state index contributed by atoms with van der Waals surface area (Å²) >= 11 is 7.80. The van der Waals surface area contributed by atoms with Crippen LogP contribution in [0.15, 0.2) is 47.8 Å². The molecular formula is C23H22ClN3O3S. The average Bonchev–Trinajstić information content (AvgIpc) is 3.24. The third-order valence-electron chi connectivity index (χ3n) is 4.82. The van der Waals surface area contributed by atoms with Gasteiger partial charge in [0.1, 0.15) is 17.3 Å². The predicted molar refractivity (Wildman–Crippen MR) is 124 cm³/mol. The van der Waals surface area contributed by atoms with E-state index in [9.17, 15) is 9.59 Å². The van der Waals surface area contributed by atoms with Gasteiger partial charge in [-0.1, -0.05) is 43.6 Å². The van der Waals surface area contributed by atoms with E-state index in [1.54, 1.807) is 0 Å². The van der Waals surface area contributed by atoms with Gasteiger partial charge in [-0.3, -0.25) is 14.5 Å². The molecule has 0 saturated carbocycles. The Morgan fingerprint density at radius 3 is 2.87 bits per heavy atom. The summed E-state index contributed by atoms with van der Waals surface area (Å²) in [5, 5.41) is 6.27. The molecule has 3 aromatic rings. The number of amides is 2. The molecule has 6 nitrogen and oxygen atoms in total. The Hall–Kier alpha value is -2.90. The number of thiazole rings is 1. The van der Waals surface area contributed by atoms with Crippen LogP contribution in [0.25, 0.3) is 21.8 Å². The van der Waals surface area contributed by atoms with Crippen molar-refractivity contribution in [2.75, 3.05) is 24.6 Å². The fourth-order valence-electron chi connectivity index (χ4n) is 3.22. The van der Waals surface area contributed by atoms with Crippen LogP contribution < -0.4 is 15.0 Å². The standard InChI is InChI=1S/C23H22ClN3O3S/c1-14(2)10-25-21(28)11-27-19-9-15(7-8-20(19)30-12-22(27)29)18-13-31-23(26-18)16-5-3-4-6-17(16)24/h3-9,13-14H,10-12H2,1-2H3,(H,25,28). The fourth-order valence-corrected chi connectivity index (χ4v) is 4.37. The van der Waals surface area contributed by atoms with Crippen molar-refractivity contribution in [2.45, 2.75) is 13.8 Å². The molecule has 1 aliphatic heterocycles. The highest BCUT2D eigenvalue weighted by molar-refractivity contribution is 7.13. The second kappa shape index (κ2) is 9.08. The number of benzene rings is 2. The molecule has 2 aromatic carbocycles. The number of ether oxygens (including phenoxy) is 1. The van der Waals surface area contributed by atoms with E-state index in [4.69, 9.17) is 21.3 Å². The lowest BCUT2D eigenvalue weighted by Crippen LogP contribution is -2.45. The van der Waals surface area contributed by atoms with Crippen LogP contribution in [0.1, 0.15) is 13.8 Å². The Morgan fingerprint density at radius 1 is 1.29 bits per heavy atom. The maximum Gasteiger partial charge on any atom is 0.265 e. The van der Waals surface area contributed by atoms with E-state index < -0.39 is 0 Å². The number of anilines is 1. The third kappa shape index (κ3) is 4.73. The topological polar surface area (TPSA) is 71.5 Å². The molecule has 1 N–H and O–H groups in total. The number of carbonyl (C=O) groups excluding carboxylic acids is 2. The highest BCUT2D eigenvalue weighted by Gasteiger charge is 2.28. The van der Waals surface area contributed by atoms with Crippen LogP contribution in [0.2, 0.25) is 5.02 Å². The number of halogens is 1. The SMILES string of the molecule is CC(C)CNC(=O)CN1C(=O)COc2ccc(-c3csc(-c4ccccc4Cl)n3)cc21. The molecule has 1 aromatic heterocycles. The van der Waals surface area contributed by atoms with Crippen LogP contribution in [0.5, 0.6) is 5.75 Å². The minimum Gasteiger partial charge on any atom is -0.482 e. The molecule has 1 aliphatic rings. The summed E-state index contributed by atoms with van der Waals surface area (Å²) in [6.45, 7) is 4.47. The van der Waals surface area contributed by atoms with Gasteiger partial charge in [-0.2, -0.15) is 0 Å². The minimum absolute atomic E-state index is 0.0483. The summed E-state index contributed by atoms with van der Waals surface area (Å²) in [4.78, 5) is 31.0. The van der Waals surface area contributed by atoms with Gasteiger partial charge in [0.05, 0.1) is 16.4 Å². The molecule has 0 radical (unpaired) electrons. The lowest BCUT2D eigenvalue weighted by Gasteiger charge is -2.29. The number of rotatable bonds is 6. The molecule has 0 fully saturated rings. The lowest BCUT2D eigenvalue weighted by molar-refractivity contribution is -0.125. The summed E-state index contributed by atoms with van der Waals surface area (Å²) in [6, 6.07) is 13.1. The van der Waals surface area contributed by atoms with Crippen LogP contribution in [0, 0.1) is 5.92 Å². The Kier molecular flexibility index (Phi) is 6.25. The van der Waals surface area contributed by atoms with Gasteiger partial charge in [0, 0.05) is 23.1 Å². The molecule has 2 heterocycles. The van der Waals surface area contributed by atoms with E-state index >= 15 is 0 Å². The number of carbonyl (C=O) groups is 2. The normalized spacial score (nSPS) is 13.2. The van der Waals surface area contributed by atoms with Gasteiger partial charge in [-0.05, 0) is 30.2 Å². The van der Waals surface area contributed by atoms with E-state index in [0.29, 0.717) is 28.9 Å². The van der Waals surface area contributed by atoms with Crippen LogP contribution in [0.4, 0.5) is 5.69 Å². The number of aromatic nitrogens is 1. The smallest absolute Gasteiger partial charge is 0.265 e. The molecule has 4 rings (SSSR count). The molecule has 0 bridgehead atoms. The molecule has 0 atom stereocenters. The zero-order valence-corrected chi connectivity index (χ0v) is 18.8. The maximum absolute atomic E-state index is 12.5. The van der Waals surface area contributed by atoms with Crippen LogP contribution >= 0.6 is 22.9 Å². The molecule has 0 spiro atoms. The zero-order chi connectivity index (χ0) is 22.0. The second-order valence-electron chi connectivity index (χ2n) is 7.67. The van der Waals surface area contributed by atoms with Crippen molar-refractivity contribution in [1.29, 1.82) is 0 Å². The molecular weight excluding hydrogens is 434 g/mol. The van der Waals surface area contributed by atoms with Crippen LogP contribution in [-0.4, -0.2) is 36.5 Å². The first-order valence-electron chi connectivity index (χ1n) is 9.97. The van der Waals surface area contributed by atoms with Crippen molar-refractivity contribution in [3.8, 4) is 27.6 Å². The summed E-state index contributed by atoms with van der Waals surface area (Å²) in [5.74, 6) is 0.455. The highest BCUT2D eigenvalue weighted by Crippen LogP contribution is 2.38. The first kappa shape index (κ1) is 21.3. The Bertz CT molecular complexity index is 1130. The molecule has 31 heavy (non-hydrogen) atoms. The van der Waals surface area contributed by atoms with Crippen molar-refractivity contribution in [3.05, 3.63) is 52.9 Å². The molecule has 0 unspecified atom stereocenters. The molecule has 160 valence electrons. The number of nitrogens with one attached hydrogen (secondary N) is 1. The number of fused-ring (bicyclic) bond motifs is 1. The van der Waals surface area contributed by atoms with Crippen molar-refractivity contribution < 1.29 is 14.3 Å². The van der Waals surface area contributed by atoms with E-state index in [-0.39, 0.29) is 25.0 Å². The summed E-state index contributed by atoms with van der Waals surface area (Å²) in [7, 11) is 0. The number of hydrogen-bond donors (Lipinski definition) is 1. The lowest BCUT2D eigenvalue weighted by atomic mass is 10.1. The highest BCUT2D eigenvalue weighted by atomic mass is 35.5. The first-order valence-corrected chi connectivity index (χ1v) is 11.2. The number of hydrogen-bond acceptors (Lipinski definition) is 5. The van der Waals surface area contributed by atoms with E-state index in [2.05, 4.69) is 5.32 Å². The molecule has 2 amide bonds. The van der Waals surface area contributed by atoms with Crippen molar-refractivity contribution in [3.63, 3.8) is 0 Å². The Labute approximate surface area is 189 Å². The molecule has 8 heteroatoms. The first-order chi connectivity index (χ1) is 14.9. The van der Waals surface area contributed by atoms with Gasteiger partial charge in [0.25, 0.3) is 5.91 Å². The van der Waals surface area contributed by atoms with Crippen molar-refractivity contribution >= 4 is 40.4 Å². The van der Waals surface area contributed by atoms with Gasteiger partial charge >= 0.3 is 0 Å². The monoisotopic (exact) mass is 455 g/mol. The Morgan fingerprint density at radius 2 is 2.10 bits per heavy atom. The van der Waals surface area contributed by atoms with E-state index in [0.717, 1.165) is 21.8 Å². The van der Waals surface area contributed by atoms with E-state index in [1.807, 2.05) is 61.7 Å². The predicted octanol–water partition coefficient (Wildman–Crippen LogP) is 4.63. The molecule has 0 saturated heterocycles. The van der Waals surface area contributed by atoms with Crippen molar-refractivity contribution in [1.82, 2.24) is 10.3 Å². The number of nitrogens with zero attached hydrogens (tertiary/aromatic N) is 2. The van der Waals surface area contributed by atoms with Gasteiger partial charge < -0.3 is 10.1 Å². The second-order valence-corrected chi connectivity index (χ2v) is 8.93. The largest absolute Gasteiger partial charge is 0.482 e. The third-order valence-corrected chi connectivity index (χ3v) is 6.02. The summed E-state index contributed by atoms with van der Waals surface area (Å²) in [5.41, 5.74) is 3.05. The maximum atomic E-state index is 12.5. The summed E-state index contributed by atoms with van der Waals surface area (Å²) in [6.07, 6.45) is 0. The van der Waals surface area contributed by atoms with E-state index in [1.165, 1.54) is 16.2 Å². The summed E-state index contributed by atoms with van der Waals surface area (Å²) < 4.78 is 5.57. The average molecular weight is 456 g/mol. The van der Waals surface area contributed by atoms with Crippen LogP contribution in [-0.2, 0) is 9.59 Å². The van der Waals surface area contributed by atoms with Crippen LogP contribution in [0.3, 0.4) is 0 Å². The van der Waals surface area contributed by atoms with Gasteiger partial charge in [0.2, 0.25) is 5.91 Å². The van der Waals surface area contributed by atoms with Gasteiger partial charge in [-0.25, -0.2) is 4.98 Å².